The van der Waals surface area contributed by atoms with E-state index in [0.717, 1.165) is 24.3 Å². The van der Waals surface area contributed by atoms with Crippen LogP contribution in [0.4, 0.5) is 14.5 Å². The average Bonchev–Trinajstić information content (AvgIpc) is 2.24. The topological polar surface area (TPSA) is 24.4 Å². The smallest absolute Gasteiger partial charge is 0.161 e. The third-order valence-electron chi connectivity index (χ3n) is 2.61. The van der Waals surface area contributed by atoms with Crippen molar-refractivity contribution in [3.8, 4) is 0 Å². The van der Waals surface area contributed by atoms with Gasteiger partial charge in [0.05, 0.1) is 15.7 Å². The first kappa shape index (κ1) is 13.8. The van der Waals surface area contributed by atoms with E-state index in [1.807, 2.05) is 13.8 Å². The molecule has 0 unspecified atom stereocenters. The number of benzene rings is 1. The highest BCUT2D eigenvalue weighted by molar-refractivity contribution is 9.10. The maximum atomic E-state index is 13.7. The number of thioether (sulfide) groups is 1. The molecule has 1 aliphatic heterocycles. The van der Waals surface area contributed by atoms with Crippen molar-refractivity contribution in [2.75, 3.05) is 11.1 Å². The molecule has 0 saturated carbocycles. The number of anilines is 1. The Hall–Kier alpha value is -0.620. The van der Waals surface area contributed by atoms with Crippen molar-refractivity contribution in [3.63, 3.8) is 0 Å². The van der Waals surface area contributed by atoms with E-state index in [9.17, 15) is 8.78 Å². The second-order valence-corrected chi connectivity index (χ2v) is 6.64. The zero-order chi connectivity index (χ0) is 13.3. The van der Waals surface area contributed by atoms with Crippen LogP contribution >= 0.6 is 27.7 Å². The summed E-state index contributed by atoms with van der Waals surface area (Å²) < 4.78 is 27.1. The summed E-state index contributed by atoms with van der Waals surface area (Å²) in [7, 11) is 0. The van der Waals surface area contributed by atoms with Crippen LogP contribution in [0, 0.1) is 11.6 Å². The van der Waals surface area contributed by atoms with Gasteiger partial charge in [-0.3, -0.25) is 4.99 Å². The third kappa shape index (κ3) is 3.23. The molecule has 0 bridgehead atoms. The molecule has 6 heteroatoms. The molecule has 1 heterocycles. The fraction of sp³-hybridized carbons (Fsp3) is 0.417. The first-order valence-electron chi connectivity index (χ1n) is 5.52. The zero-order valence-electron chi connectivity index (χ0n) is 10.1. The van der Waals surface area contributed by atoms with Crippen LogP contribution in [-0.2, 0) is 0 Å². The summed E-state index contributed by atoms with van der Waals surface area (Å²) in [6, 6.07) is 2.24. The highest BCUT2D eigenvalue weighted by atomic mass is 79.9. The molecule has 1 N–H and O–H groups in total. The first-order valence-corrected chi connectivity index (χ1v) is 7.29. The zero-order valence-corrected chi connectivity index (χ0v) is 12.5. The molecular formula is C12H13BrF2N2S. The van der Waals surface area contributed by atoms with Gasteiger partial charge in [0.15, 0.2) is 5.17 Å². The average molecular weight is 335 g/mol. The summed E-state index contributed by atoms with van der Waals surface area (Å²) in [4.78, 5) is 4.47. The fourth-order valence-corrected chi connectivity index (χ4v) is 3.16. The molecule has 18 heavy (non-hydrogen) atoms. The highest BCUT2D eigenvalue weighted by Gasteiger charge is 2.23. The van der Waals surface area contributed by atoms with Crippen molar-refractivity contribution >= 4 is 38.5 Å². The van der Waals surface area contributed by atoms with E-state index in [2.05, 4.69) is 26.2 Å². The van der Waals surface area contributed by atoms with E-state index in [4.69, 9.17) is 0 Å². The van der Waals surface area contributed by atoms with Gasteiger partial charge in [-0.2, -0.15) is 0 Å². The number of amidine groups is 1. The summed E-state index contributed by atoms with van der Waals surface area (Å²) in [6.07, 6.45) is 0.972. The number of halogens is 3. The maximum absolute atomic E-state index is 13.7. The van der Waals surface area contributed by atoms with Crippen molar-refractivity contribution in [1.29, 1.82) is 0 Å². The highest BCUT2D eigenvalue weighted by Crippen LogP contribution is 2.29. The summed E-state index contributed by atoms with van der Waals surface area (Å²) in [5.74, 6) is -0.0889. The molecule has 98 valence electrons. The molecule has 0 saturated heterocycles. The van der Waals surface area contributed by atoms with Gasteiger partial charge in [0.2, 0.25) is 0 Å². The maximum Gasteiger partial charge on any atom is 0.161 e. The Morgan fingerprint density at radius 1 is 1.33 bits per heavy atom. The van der Waals surface area contributed by atoms with E-state index in [1.165, 1.54) is 11.8 Å². The molecule has 2 rings (SSSR count). The number of nitrogens with zero attached hydrogens (tertiary/aromatic N) is 1. The van der Waals surface area contributed by atoms with Crippen LogP contribution in [0.15, 0.2) is 21.6 Å². The summed E-state index contributed by atoms with van der Waals surface area (Å²) in [6.45, 7) is 4.04. The second kappa shape index (κ2) is 5.17. The van der Waals surface area contributed by atoms with Gasteiger partial charge in [0, 0.05) is 11.8 Å². The van der Waals surface area contributed by atoms with Crippen molar-refractivity contribution in [3.05, 3.63) is 28.2 Å². The first-order chi connectivity index (χ1) is 8.37. The van der Waals surface area contributed by atoms with Crippen LogP contribution in [0.25, 0.3) is 0 Å². The molecule has 0 fully saturated rings. The SMILES string of the molecule is CC1(C)CCSC(Nc2cc(F)c(Br)cc2F)=N1. The molecule has 1 aromatic rings. The Morgan fingerprint density at radius 2 is 2.06 bits per heavy atom. The third-order valence-corrected chi connectivity index (χ3v) is 4.09. The Balaban J connectivity index is 2.24. The van der Waals surface area contributed by atoms with Crippen LogP contribution in [0.3, 0.4) is 0 Å². The van der Waals surface area contributed by atoms with Gasteiger partial charge in [-0.05, 0) is 42.3 Å². The number of hydrogen-bond donors (Lipinski definition) is 1. The van der Waals surface area contributed by atoms with E-state index < -0.39 is 11.6 Å². The Morgan fingerprint density at radius 3 is 2.72 bits per heavy atom. The minimum Gasteiger partial charge on any atom is -0.332 e. The lowest BCUT2D eigenvalue weighted by Gasteiger charge is -2.26. The number of nitrogens with one attached hydrogen (secondary N) is 1. The second-order valence-electron chi connectivity index (χ2n) is 4.70. The lowest BCUT2D eigenvalue weighted by Crippen LogP contribution is -2.27. The summed E-state index contributed by atoms with van der Waals surface area (Å²) >= 11 is 4.46. The van der Waals surface area contributed by atoms with Gasteiger partial charge in [-0.25, -0.2) is 8.78 Å². The standard InChI is InChI=1S/C12H13BrF2N2S/c1-12(2)3-4-18-11(17-12)16-10-6-8(14)7(13)5-9(10)15/h5-6H,3-4H2,1-2H3,(H,16,17). The number of rotatable bonds is 1. The van der Waals surface area contributed by atoms with Crippen LogP contribution in [0.2, 0.25) is 0 Å². The normalized spacial score (nSPS) is 18.4. The predicted molar refractivity (Wildman–Crippen MR) is 76.3 cm³/mol. The largest absolute Gasteiger partial charge is 0.332 e. The predicted octanol–water partition coefficient (Wildman–Crippen LogP) is 4.41. The van der Waals surface area contributed by atoms with Gasteiger partial charge in [0.25, 0.3) is 0 Å². The van der Waals surface area contributed by atoms with Crippen LogP contribution in [0.5, 0.6) is 0 Å². The molecule has 0 amide bonds. The van der Waals surface area contributed by atoms with E-state index in [1.54, 1.807) is 0 Å². The molecule has 1 aliphatic rings. The molecular weight excluding hydrogens is 322 g/mol. The van der Waals surface area contributed by atoms with Gasteiger partial charge in [0.1, 0.15) is 11.6 Å². The van der Waals surface area contributed by atoms with Crippen molar-refractivity contribution < 1.29 is 8.78 Å². The molecule has 0 aliphatic carbocycles. The van der Waals surface area contributed by atoms with Crippen molar-refractivity contribution in [1.82, 2.24) is 0 Å². The monoisotopic (exact) mass is 334 g/mol. The Kier molecular flexibility index (Phi) is 3.96. The van der Waals surface area contributed by atoms with Crippen LogP contribution in [0.1, 0.15) is 20.3 Å². The van der Waals surface area contributed by atoms with Crippen molar-refractivity contribution in [2.45, 2.75) is 25.8 Å². The Bertz CT molecular complexity index is 503. The molecule has 0 spiro atoms. The minimum atomic E-state index is -0.505. The van der Waals surface area contributed by atoms with Crippen LogP contribution < -0.4 is 5.32 Å². The van der Waals surface area contributed by atoms with E-state index in [0.29, 0.717) is 5.17 Å². The van der Waals surface area contributed by atoms with Gasteiger partial charge >= 0.3 is 0 Å². The van der Waals surface area contributed by atoms with Crippen molar-refractivity contribution in [2.24, 2.45) is 4.99 Å². The van der Waals surface area contributed by atoms with Crippen LogP contribution in [-0.4, -0.2) is 16.5 Å². The molecule has 0 radical (unpaired) electrons. The lowest BCUT2D eigenvalue weighted by molar-refractivity contribution is 0.507. The molecule has 0 atom stereocenters. The van der Waals surface area contributed by atoms with Gasteiger partial charge in [-0.15, -0.1) is 0 Å². The number of aliphatic imine (C=N–C) groups is 1. The fourth-order valence-electron chi connectivity index (χ4n) is 1.56. The van der Waals surface area contributed by atoms with E-state index in [-0.39, 0.29) is 15.7 Å². The molecule has 1 aromatic carbocycles. The minimum absolute atomic E-state index is 0.111. The van der Waals surface area contributed by atoms with E-state index >= 15 is 0 Å². The summed E-state index contributed by atoms with van der Waals surface area (Å²) in [5, 5.41) is 3.48. The van der Waals surface area contributed by atoms with Gasteiger partial charge < -0.3 is 5.32 Å². The molecule has 0 aromatic heterocycles. The molecule has 2 nitrogen and oxygen atoms in total. The quantitative estimate of drug-likeness (QED) is 0.769. The Labute approximate surface area is 117 Å². The number of hydrogen-bond acceptors (Lipinski definition) is 3. The summed E-state index contributed by atoms with van der Waals surface area (Å²) in [5.41, 5.74) is -0.0440. The van der Waals surface area contributed by atoms with Gasteiger partial charge in [-0.1, -0.05) is 11.8 Å². The lowest BCUT2D eigenvalue weighted by atomic mass is 10.0.